The van der Waals surface area contributed by atoms with Crippen molar-refractivity contribution >= 4 is 41.2 Å². The molecule has 1 aromatic carbocycles. The van der Waals surface area contributed by atoms with Gasteiger partial charge in [-0.05, 0) is 38.1 Å². The number of carbonyl (C=O) groups excluding carboxylic acids is 4. The lowest BCUT2D eigenvalue weighted by atomic mass is 10.1. The third-order valence-corrected chi connectivity index (χ3v) is 4.70. The smallest absolute Gasteiger partial charge is 0.337 e. The number of imide groups is 1. The average molecular weight is 407 g/mol. The van der Waals surface area contributed by atoms with Gasteiger partial charge in [0, 0.05) is 10.7 Å². The molecule has 1 fully saturated rings. The number of esters is 1. The molecular formula is C18H19ClN4O5. The molecule has 2 heterocycles. The quantitative estimate of drug-likeness (QED) is 0.570. The van der Waals surface area contributed by atoms with Crippen LogP contribution in [0, 0.1) is 0 Å². The monoisotopic (exact) mass is 406 g/mol. The molecule has 1 saturated heterocycles. The van der Waals surface area contributed by atoms with E-state index < -0.39 is 30.0 Å². The Morgan fingerprint density at radius 3 is 2.57 bits per heavy atom. The molecule has 0 radical (unpaired) electrons. The summed E-state index contributed by atoms with van der Waals surface area (Å²) in [7, 11) is 0. The van der Waals surface area contributed by atoms with Crippen LogP contribution in [0.25, 0.3) is 0 Å². The van der Waals surface area contributed by atoms with Gasteiger partial charge >= 0.3 is 18.0 Å². The van der Waals surface area contributed by atoms with Crippen LogP contribution in [0.1, 0.15) is 13.8 Å². The van der Waals surface area contributed by atoms with Crippen LogP contribution in [0.5, 0.6) is 0 Å². The summed E-state index contributed by atoms with van der Waals surface area (Å²) in [5, 5.41) is 5.48. The van der Waals surface area contributed by atoms with E-state index in [1.165, 1.54) is 4.90 Å². The van der Waals surface area contributed by atoms with Crippen LogP contribution >= 0.6 is 11.6 Å². The highest BCUT2D eigenvalue weighted by atomic mass is 35.5. The minimum atomic E-state index is -0.738. The van der Waals surface area contributed by atoms with Crippen molar-refractivity contribution in [2.75, 3.05) is 24.6 Å². The average Bonchev–Trinajstić information content (AvgIpc) is 2.86. The van der Waals surface area contributed by atoms with Crippen molar-refractivity contribution in [2.45, 2.75) is 19.9 Å². The van der Waals surface area contributed by atoms with Gasteiger partial charge in [0.25, 0.3) is 5.91 Å². The number of amides is 5. The lowest BCUT2D eigenvalue weighted by Crippen LogP contribution is -2.48. The summed E-state index contributed by atoms with van der Waals surface area (Å²) in [6.07, 6.45) is 0. The van der Waals surface area contributed by atoms with E-state index in [1.807, 2.05) is 0 Å². The molecule has 9 nitrogen and oxygen atoms in total. The first-order valence-electron chi connectivity index (χ1n) is 8.67. The molecule has 3 rings (SSSR count). The molecule has 1 unspecified atom stereocenters. The second-order valence-corrected chi connectivity index (χ2v) is 6.65. The van der Waals surface area contributed by atoms with Crippen LogP contribution in [0.15, 0.2) is 35.5 Å². The van der Waals surface area contributed by atoms with Gasteiger partial charge in [-0.3, -0.25) is 14.6 Å². The van der Waals surface area contributed by atoms with E-state index in [-0.39, 0.29) is 31.0 Å². The summed E-state index contributed by atoms with van der Waals surface area (Å²) in [5.74, 6) is -1.06. The van der Waals surface area contributed by atoms with Gasteiger partial charge in [0.2, 0.25) is 0 Å². The lowest BCUT2D eigenvalue weighted by molar-refractivity contribution is -0.138. The number of ether oxygens (including phenoxy) is 1. The third kappa shape index (κ3) is 3.65. The van der Waals surface area contributed by atoms with Crippen LogP contribution in [0.3, 0.4) is 0 Å². The molecule has 2 N–H and O–H groups in total. The van der Waals surface area contributed by atoms with E-state index in [9.17, 15) is 19.2 Å². The van der Waals surface area contributed by atoms with Gasteiger partial charge in [-0.1, -0.05) is 11.6 Å². The van der Waals surface area contributed by atoms with E-state index in [0.717, 1.165) is 4.90 Å². The minimum Gasteiger partial charge on any atom is -0.463 e. The summed E-state index contributed by atoms with van der Waals surface area (Å²) >= 11 is 5.89. The predicted molar refractivity (Wildman–Crippen MR) is 101 cm³/mol. The molecule has 1 aromatic rings. The molecule has 0 bridgehead atoms. The molecule has 0 aliphatic carbocycles. The van der Waals surface area contributed by atoms with Gasteiger partial charge in [-0.15, -0.1) is 0 Å². The number of nitrogens with one attached hydrogen (secondary N) is 2. The topological polar surface area (TPSA) is 108 Å². The second-order valence-electron chi connectivity index (χ2n) is 6.21. The van der Waals surface area contributed by atoms with Crippen molar-refractivity contribution in [3.63, 3.8) is 0 Å². The Bertz CT molecular complexity index is 867. The zero-order chi connectivity index (χ0) is 20.4. The van der Waals surface area contributed by atoms with E-state index in [1.54, 1.807) is 38.1 Å². The maximum absolute atomic E-state index is 12.9. The van der Waals surface area contributed by atoms with Crippen molar-refractivity contribution in [1.29, 1.82) is 0 Å². The van der Waals surface area contributed by atoms with E-state index in [4.69, 9.17) is 16.3 Å². The molecule has 0 aromatic heterocycles. The number of hydrogen-bond donors (Lipinski definition) is 2. The summed E-state index contributed by atoms with van der Waals surface area (Å²) in [5.41, 5.74) is 0.848. The Kier molecular flexibility index (Phi) is 5.55. The fraction of sp³-hybridized carbons (Fsp3) is 0.333. The largest absolute Gasteiger partial charge is 0.463 e. The summed E-state index contributed by atoms with van der Waals surface area (Å²) in [6, 6.07) is 4.72. The van der Waals surface area contributed by atoms with Crippen molar-refractivity contribution in [1.82, 2.24) is 15.5 Å². The Hall–Kier alpha value is -3.07. The number of nitrogens with zero attached hydrogens (tertiary/aromatic N) is 2. The molecule has 28 heavy (non-hydrogen) atoms. The van der Waals surface area contributed by atoms with Crippen LogP contribution in [0.4, 0.5) is 15.3 Å². The van der Waals surface area contributed by atoms with E-state index >= 15 is 0 Å². The summed E-state index contributed by atoms with van der Waals surface area (Å²) in [4.78, 5) is 51.8. The molecule has 148 valence electrons. The molecular weight excluding hydrogens is 388 g/mol. The first-order chi connectivity index (χ1) is 13.3. The standard InChI is InChI=1S/C18H19ClN4O5/c1-3-28-16(25)13-8-20-17(26)21-14(13)9-22-15(24)10(2)23(18(22)27)12-6-4-11(19)5-7-12/h4-7,10H,3,8-9H2,1-2H3,(H2,20,21,26). The number of benzene rings is 1. The zero-order valence-corrected chi connectivity index (χ0v) is 16.1. The van der Waals surface area contributed by atoms with Crippen LogP contribution < -0.4 is 15.5 Å². The fourth-order valence-electron chi connectivity index (χ4n) is 3.05. The van der Waals surface area contributed by atoms with E-state index in [2.05, 4.69) is 10.6 Å². The van der Waals surface area contributed by atoms with Crippen molar-refractivity contribution < 1.29 is 23.9 Å². The van der Waals surface area contributed by atoms with Crippen LogP contribution in [-0.2, 0) is 14.3 Å². The Morgan fingerprint density at radius 1 is 1.25 bits per heavy atom. The molecule has 2 aliphatic rings. The maximum Gasteiger partial charge on any atom is 0.337 e. The molecule has 2 aliphatic heterocycles. The molecule has 10 heteroatoms. The molecule has 0 spiro atoms. The Morgan fingerprint density at radius 2 is 1.93 bits per heavy atom. The number of anilines is 1. The van der Waals surface area contributed by atoms with Gasteiger partial charge in [0.1, 0.15) is 6.04 Å². The molecule has 1 atom stereocenters. The highest BCUT2D eigenvalue weighted by Gasteiger charge is 2.44. The Balaban J connectivity index is 1.89. The van der Waals surface area contributed by atoms with Gasteiger partial charge in [0.15, 0.2) is 0 Å². The van der Waals surface area contributed by atoms with Crippen molar-refractivity contribution in [3.05, 3.63) is 40.6 Å². The number of carbonyl (C=O) groups is 4. The van der Waals surface area contributed by atoms with Crippen molar-refractivity contribution in [2.24, 2.45) is 0 Å². The highest BCUT2D eigenvalue weighted by Crippen LogP contribution is 2.27. The van der Waals surface area contributed by atoms with Gasteiger partial charge in [-0.25, -0.2) is 14.4 Å². The van der Waals surface area contributed by atoms with Crippen molar-refractivity contribution in [3.8, 4) is 0 Å². The highest BCUT2D eigenvalue weighted by molar-refractivity contribution is 6.30. The minimum absolute atomic E-state index is 0.0489. The normalized spacial score (nSPS) is 19.7. The molecule has 5 amide bonds. The van der Waals surface area contributed by atoms with Crippen LogP contribution in [0.2, 0.25) is 5.02 Å². The first-order valence-corrected chi connectivity index (χ1v) is 9.05. The Labute approximate surface area is 166 Å². The zero-order valence-electron chi connectivity index (χ0n) is 15.3. The lowest BCUT2D eigenvalue weighted by Gasteiger charge is -2.24. The number of halogens is 1. The first kappa shape index (κ1) is 19.7. The second kappa shape index (κ2) is 7.89. The third-order valence-electron chi connectivity index (χ3n) is 4.44. The predicted octanol–water partition coefficient (Wildman–Crippen LogP) is 1.63. The van der Waals surface area contributed by atoms with Gasteiger partial charge in [-0.2, -0.15) is 0 Å². The number of rotatable bonds is 5. The summed E-state index contributed by atoms with van der Waals surface area (Å²) < 4.78 is 4.99. The fourth-order valence-corrected chi connectivity index (χ4v) is 3.17. The van der Waals surface area contributed by atoms with Crippen LogP contribution in [-0.4, -0.2) is 54.6 Å². The number of urea groups is 2. The van der Waals surface area contributed by atoms with Gasteiger partial charge in [0.05, 0.1) is 31.0 Å². The maximum atomic E-state index is 12.9. The van der Waals surface area contributed by atoms with E-state index in [0.29, 0.717) is 10.7 Å². The SMILES string of the molecule is CCOC(=O)C1=C(CN2C(=O)C(C)N(c3ccc(Cl)cc3)C2=O)NC(=O)NC1. The van der Waals surface area contributed by atoms with Gasteiger partial charge < -0.3 is 15.4 Å². The number of hydrogen-bond acceptors (Lipinski definition) is 5. The summed E-state index contributed by atoms with van der Waals surface area (Å²) in [6.45, 7) is 3.13. The molecule has 0 saturated carbocycles.